The molecule has 0 atom stereocenters. The maximum Gasteiger partial charge on any atom is 0.416 e. The second-order valence-electron chi connectivity index (χ2n) is 5.63. The van der Waals surface area contributed by atoms with Crippen molar-refractivity contribution in [3.63, 3.8) is 0 Å². The van der Waals surface area contributed by atoms with E-state index in [4.69, 9.17) is 4.74 Å². The van der Waals surface area contributed by atoms with Gasteiger partial charge in [-0.2, -0.15) is 13.2 Å². The molecule has 0 saturated heterocycles. The number of sulfone groups is 1. The first-order valence-corrected chi connectivity index (χ1v) is 9.03. The van der Waals surface area contributed by atoms with E-state index in [-0.39, 0.29) is 17.9 Å². The maximum atomic E-state index is 12.6. The van der Waals surface area contributed by atoms with E-state index in [1.807, 2.05) is 0 Å². The van der Waals surface area contributed by atoms with Crippen LogP contribution >= 0.6 is 0 Å². The summed E-state index contributed by atoms with van der Waals surface area (Å²) in [6.45, 7) is 0.637. The topological polar surface area (TPSA) is 43.4 Å². The van der Waals surface area contributed by atoms with E-state index in [0.717, 1.165) is 24.5 Å². The van der Waals surface area contributed by atoms with E-state index in [2.05, 4.69) is 0 Å². The van der Waals surface area contributed by atoms with E-state index in [1.165, 1.54) is 25.0 Å². The molecular weight excluding hydrogens is 317 g/mol. The standard InChI is InChI=1S/C15H19F3O3S/c16-15(17,18)14-3-1-2-13(10-14)11-22(19,20)9-8-21-7-6-12-4-5-12/h1-3,10,12H,4-9,11H2. The number of halogens is 3. The Kier molecular flexibility index (Phi) is 5.50. The minimum atomic E-state index is -4.47. The summed E-state index contributed by atoms with van der Waals surface area (Å²) in [5.41, 5.74) is -0.686. The highest BCUT2D eigenvalue weighted by molar-refractivity contribution is 7.90. The van der Waals surface area contributed by atoms with Crippen molar-refractivity contribution in [3.8, 4) is 0 Å². The lowest BCUT2D eigenvalue weighted by Gasteiger charge is -2.09. The van der Waals surface area contributed by atoms with Crippen LogP contribution in [0.25, 0.3) is 0 Å². The van der Waals surface area contributed by atoms with Crippen molar-refractivity contribution < 1.29 is 26.3 Å². The molecule has 0 amide bonds. The molecule has 0 bridgehead atoms. The quantitative estimate of drug-likeness (QED) is 0.683. The fraction of sp³-hybridized carbons (Fsp3) is 0.600. The van der Waals surface area contributed by atoms with Crippen LogP contribution in [-0.4, -0.2) is 27.4 Å². The van der Waals surface area contributed by atoms with Crippen molar-refractivity contribution in [1.29, 1.82) is 0 Å². The Bertz CT molecular complexity index is 592. The molecule has 1 saturated carbocycles. The zero-order chi connectivity index (χ0) is 16.2. The van der Waals surface area contributed by atoms with Gasteiger partial charge in [-0.1, -0.05) is 31.0 Å². The minimum Gasteiger partial charge on any atom is -0.380 e. The number of alkyl halides is 3. The molecule has 1 aromatic carbocycles. The molecule has 0 radical (unpaired) electrons. The predicted octanol–water partition coefficient (Wildman–Crippen LogP) is 3.44. The van der Waals surface area contributed by atoms with Crippen molar-refractivity contribution in [3.05, 3.63) is 35.4 Å². The van der Waals surface area contributed by atoms with Gasteiger partial charge < -0.3 is 4.74 Å². The van der Waals surface area contributed by atoms with Crippen molar-refractivity contribution in [1.82, 2.24) is 0 Å². The number of rotatable bonds is 8. The average Bonchev–Trinajstić information content (AvgIpc) is 3.21. The van der Waals surface area contributed by atoms with E-state index >= 15 is 0 Å². The molecule has 7 heteroatoms. The number of ether oxygens (including phenoxy) is 1. The van der Waals surface area contributed by atoms with Gasteiger partial charge in [-0.25, -0.2) is 8.42 Å². The smallest absolute Gasteiger partial charge is 0.380 e. The van der Waals surface area contributed by atoms with Crippen LogP contribution in [0.3, 0.4) is 0 Å². The Labute approximate surface area is 128 Å². The highest BCUT2D eigenvalue weighted by Gasteiger charge is 2.30. The van der Waals surface area contributed by atoms with Gasteiger partial charge in [-0.3, -0.25) is 0 Å². The van der Waals surface area contributed by atoms with Crippen LogP contribution in [0, 0.1) is 5.92 Å². The average molecular weight is 336 g/mol. The fourth-order valence-electron chi connectivity index (χ4n) is 2.11. The molecule has 1 aromatic rings. The van der Waals surface area contributed by atoms with Crippen LogP contribution < -0.4 is 0 Å². The molecular formula is C15H19F3O3S. The monoisotopic (exact) mass is 336 g/mol. The van der Waals surface area contributed by atoms with Gasteiger partial charge >= 0.3 is 6.18 Å². The Morgan fingerprint density at radius 1 is 1.18 bits per heavy atom. The summed E-state index contributed by atoms with van der Waals surface area (Å²) in [7, 11) is -3.47. The van der Waals surface area contributed by atoms with Crippen LogP contribution in [0.1, 0.15) is 30.4 Å². The second kappa shape index (κ2) is 7.00. The van der Waals surface area contributed by atoms with Crippen LogP contribution in [0.4, 0.5) is 13.2 Å². The molecule has 1 aliphatic rings. The van der Waals surface area contributed by atoms with Crippen LogP contribution in [-0.2, 0) is 26.5 Å². The van der Waals surface area contributed by atoms with Crippen molar-refractivity contribution in [2.24, 2.45) is 5.92 Å². The zero-order valence-corrected chi connectivity index (χ0v) is 12.9. The number of hydrogen-bond acceptors (Lipinski definition) is 3. The maximum absolute atomic E-state index is 12.6. The van der Waals surface area contributed by atoms with E-state index in [1.54, 1.807) is 0 Å². The first kappa shape index (κ1) is 17.3. The van der Waals surface area contributed by atoms with E-state index < -0.39 is 27.3 Å². The summed E-state index contributed by atoms with van der Waals surface area (Å²) in [5.74, 6) is 0.151. The summed E-state index contributed by atoms with van der Waals surface area (Å²) >= 11 is 0. The molecule has 0 N–H and O–H groups in total. The highest BCUT2D eigenvalue weighted by Crippen LogP contribution is 2.32. The van der Waals surface area contributed by atoms with Gasteiger partial charge in [0.15, 0.2) is 9.84 Å². The first-order valence-electron chi connectivity index (χ1n) is 7.20. The summed E-state index contributed by atoms with van der Waals surface area (Å²) in [6, 6.07) is 4.42. The summed E-state index contributed by atoms with van der Waals surface area (Å²) in [5, 5.41) is 0. The molecule has 1 fully saturated rings. The van der Waals surface area contributed by atoms with Gasteiger partial charge in [0.05, 0.1) is 23.7 Å². The van der Waals surface area contributed by atoms with Crippen molar-refractivity contribution >= 4 is 9.84 Å². The molecule has 22 heavy (non-hydrogen) atoms. The summed E-state index contributed by atoms with van der Waals surface area (Å²) < 4.78 is 66.9. The minimum absolute atomic E-state index is 0.0913. The van der Waals surface area contributed by atoms with Gasteiger partial charge in [0.25, 0.3) is 0 Å². The second-order valence-corrected chi connectivity index (χ2v) is 7.82. The largest absolute Gasteiger partial charge is 0.416 e. The van der Waals surface area contributed by atoms with E-state index in [0.29, 0.717) is 6.61 Å². The van der Waals surface area contributed by atoms with Gasteiger partial charge in [-0.05, 0) is 24.0 Å². The molecule has 1 aliphatic carbocycles. The van der Waals surface area contributed by atoms with Crippen molar-refractivity contribution in [2.45, 2.75) is 31.2 Å². The number of benzene rings is 1. The third-order valence-corrected chi connectivity index (χ3v) is 5.11. The van der Waals surface area contributed by atoms with Crippen LogP contribution in [0.2, 0.25) is 0 Å². The molecule has 3 nitrogen and oxygen atoms in total. The third-order valence-electron chi connectivity index (χ3n) is 3.55. The van der Waals surface area contributed by atoms with Gasteiger partial charge in [0, 0.05) is 6.61 Å². The highest BCUT2D eigenvalue weighted by atomic mass is 32.2. The molecule has 0 aliphatic heterocycles. The predicted molar refractivity (Wildman–Crippen MR) is 77.1 cm³/mol. The van der Waals surface area contributed by atoms with Crippen molar-refractivity contribution in [2.75, 3.05) is 19.0 Å². The Morgan fingerprint density at radius 2 is 1.91 bits per heavy atom. The van der Waals surface area contributed by atoms with Gasteiger partial charge in [0.1, 0.15) is 0 Å². The molecule has 0 aromatic heterocycles. The van der Waals surface area contributed by atoms with Crippen LogP contribution in [0.5, 0.6) is 0 Å². The summed E-state index contributed by atoms with van der Waals surface area (Å²) in [4.78, 5) is 0. The molecule has 124 valence electrons. The fourth-order valence-corrected chi connectivity index (χ4v) is 3.31. The lowest BCUT2D eigenvalue weighted by Crippen LogP contribution is -2.15. The van der Waals surface area contributed by atoms with Crippen LogP contribution in [0.15, 0.2) is 24.3 Å². The molecule has 0 unspecified atom stereocenters. The SMILES string of the molecule is O=S(=O)(CCOCCC1CC1)Cc1cccc(C(F)(F)F)c1. The Balaban J connectivity index is 1.82. The molecule has 2 rings (SSSR count). The number of hydrogen-bond donors (Lipinski definition) is 0. The lowest BCUT2D eigenvalue weighted by molar-refractivity contribution is -0.137. The third kappa shape index (κ3) is 5.96. The zero-order valence-electron chi connectivity index (χ0n) is 12.1. The first-order chi connectivity index (χ1) is 10.3. The Morgan fingerprint density at radius 3 is 2.55 bits per heavy atom. The molecule has 0 spiro atoms. The lowest BCUT2D eigenvalue weighted by atomic mass is 10.1. The van der Waals surface area contributed by atoms with Gasteiger partial charge in [-0.15, -0.1) is 0 Å². The molecule has 0 heterocycles. The van der Waals surface area contributed by atoms with E-state index in [9.17, 15) is 21.6 Å². The summed E-state index contributed by atoms with van der Waals surface area (Å²) in [6.07, 6.45) is -1.08. The normalized spacial score (nSPS) is 16.0. The van der Waals surface area contributed by atoms with Gasteiger partial charge in [0.2, 0.25) is 0 Å². The Hall–Kier alpha value is -1.08.